The Morgan fingerprint density at radius 2 is 1.60 bits per heavy atom. The van der Waals surface area contributed by atoms with Gasteiger partial charge in [0.2, 0.25) is 0 Å². The lowest BCUT2D eigenvalue weighted by atomic mass is 9.33. The van der Waals surface area contributed by atoms with Gasteiger partial charge < -0.3 is 9.84 Å². The van der Waals surface area contributed by atoms with Gasteiger partial charge in [-0.1, -0.05) is 89.9 Å². The van der Waals surface area contributed by atoms with E-state index in [2.05, 4.69) is 84.5 Å². The number of aliphatic carboxylic acids is 1. The summed E-state index contributed by atoms with van der Waals surface area (Å²) in [6, 6.07) is 12.3. The van der Waals surface area contributed by atoms with E-state index in [0.717, 1.165) is 44.1 Å². The number of nitrogens with zero attached hydrogens (tertiary/aromatic N) is 2. The Kier molecular flexibility index (Phi) is 9.17. The van der Waals surface area contributed by atoms with Crippen molar-refractivity contribution < 1.29 is 19.4 Å². The number of fused-ring (bicyclic) bond motifs is 7. The first-order chi connectivity index (χ1) is 24.7. The summed E-state index contributed by atoms with van der Waals surface area (Å²) in [5.41, 5.74) is 4.82. The maximum absolute atomic E-state index is 13.8. The van der Waals surface area contributed by atoms with Crippen molar-refractivity contribution in [3.63, 3.8) is 0 Å². The molecule has 0 spiro atoms. The van der Waals surface area contributed by atoms with Crippen LogP contribution in [-0.2, 0) is 33.3 Å². The first-order valence-electron chi connectivity index (χ1n) is 20.7. The highest BCUT2D eigenvalue weighted by Gasteiger charge is 2.70. The molecule has 1 aromatic carbocycles. The zero-order valence-corrected chi connectivity index (χ0v) is 34.3. The Labute approximate surface area is 317 Å². The van der Waals surface area contributed by atoms with Crippen LogP contribution in [0.5, 0.6) is 0 Å². The fourth-order valence-electron chi connectivity index (χ4n) is 13.8. The lowest BCUT2D eigenvalue weighted by Gasteiger charge is -2.72. The molecule has 0 saturated heterocycles. The highest BCUT2D eigenvalue weighted by atomic mass is 16.5. The fourth-order valence-corrected chi connectivity index (χ4v) is 13.8. The molecule has 7 rings (SSSR count). The van der Waals surface area contributed by atoms with E-state index in [1.807, 2.05) is 16.8 Å². The highest BCUT2D eigenvalue weighted by Crippen LogP contribution is 2.77. The number of hydrogen-bond acceptors (Lipinski definition) is 4. The molecule has 0 amide bonds. The molecule has 2 aromatic rings. The van der Waals surface area contributed by atoms with E-state index in [0.29, 0.717) is 30.2 Å². The van der Waals surface area contributed by atoms with E-state index in [1.54, 1.807) is 25.0 Å². The summed E-state index contributed by atoms with van der Waals surface area (Å²) < 4.78 is 10.4. The summed E-state index contributed by atoms with van der Waals surface area (Å²) in [4.78, 5) is 38.7. The first-order valence-corrected chi connectivity index (χ1v) is 20.7. The number of carboxylic acid groups (broad SMARTS) is 1. The van der Waals surface area contributed by atoms with Crippen molar-refractivity contribution in [1.82, 2.24) is 9.36 Å². The van der Waals surface area contributed by atoms with Gasteiger partial charge in [-0.3, -0.25) is 19.1 Å². The van der Waals surface area contributed by atoms with Crippen LogP contribution in [0.1, 0.15) is 144 Å². The van der Waals surface area contributed by atoms with Gasteiger partial charge in [0.1, 0.15) is 6.10 Å². The SMILES string of the molecule is CC(C)C1=C2[C@H]3CC[C@@H]4[C@@]5(C)CC[C@H](OC(=O)CC(C)(C)C(=O)O)C(C)(C)[C@@H]5CC[C@@]4(C)[C@]3(C)CC[C@@]2(c2cc(=O)n(Cc3ccccc3)n2C)CC1. The van der Waals surface area contributed by atoms with Crippen LogP contribution < -0.4 is 5.56 Å². The molecule has 0 aliphatic heterocycles. The quantitative estimate of drug-likeness (QED) is 0.216. The van der Waals surface area contributed by atoms with Crippen molar-refractivity contribution in [3.05, 3.63) is 69.2 Å². The standard InChI is InChI=1S/C46H66N2O5/c1-29(2)31-18-23-46(35-26-37(49)48(47(35)10)28-30-14-12-11-13-15-30)25-24-44(8)32(39(31)46)16-17-34-43(7)21-20-36(53-38(50)27-41(3,4)40(51)52)42(5,6)33(43)19-22-45(34,44)9/h11-15,26,29,32-34,36H,16-25,27-28H2,1-10H3,(H,51,52)/t32-,33+,34-,36+,43+,44-,45-,46-/m1/s1. The number of allylic oxidation sites excluding steroid dienone is 2. The average molecular weight is 727 g/mol. The molecule has 1 heterocycles. The molecule has 5 aliphatic carbocycles. The third kappa shape index (κ3) is 5.58. The topological polar surface area (TPSA) is 90.5 Å². The summed E-state index contributed by atoms with van der Waals surface area (Å²) in [6.45, 7) is 21.1. The minimum Gasteiger partial charge on any atom is -0.481 e. The van der Waals surface area contributed by atoms with Crippen LogP contribution in [0.2, 0.25) is 0 Å². The van der Waals surface area contributed by atoms with Gasteiger partial charge in [-0.15, -0.1) is 0 Å². The first kappa shape index (κ1) is 38.2. The van der Waals surface area contributed by atoms with E-state index in [9.17, 15) is 19.5 Å². The molecule has 1 N–H and O–H groups in total. The smallest absolute Gasteiger partial charge is 0.309 e. The Balaban J connectivity index is 1.20. The van der Waals surface area contributed by atoms with E-state index in [4.69, 9.17) is 4.74 Å². The minimum atomic E-state index is -1.15. The zero-order chi connectivity index (χ0) is 38.5. The molecule has 0 unspecified atom stereocenters. The van der Waals surface area contributed by atoms with Crippen LogP contribution in [0.4, 0.5) is 0 Å². The van der Waals surface area contributed by atoms with Crippen LogP contribution in [-0.4, -0.2) is 32.5 Å². The maximum atomic E-state index is 13.8. The molecule has 7 nitrogen and oxygen atoms in total. The second-order valence-electron chi connectivity index (χ2n) is 20.4. The molecule has 8 atom stereocenters. The van der Waals surface area contributed by atoms with Gasteiger partial charge in [-0.25, -0.2) is 4.68 Å². The molecule has 5 aliphatic rings. The molecule has 7 heteroatoms. The second-order valence-corrected chi connectivity index (χ2v) is 20.4. The molecule has 0 radical (unpaired) electrons. The number of ether oxygens (including phenoxy) is 1. The number of carbonyl (C=O) groups is 2. The molecule has 4 fully saturated rings. The van der Waals surface area contributed by atoms with Crippen LogP contribution in [0.3, 0.4) is 0 Å². The van der Waals surface area contributed by atoms with Gasteiger partial charge in [-0.2, -0.15) is 0 Å². The van der Waals surface area contributed by atoms with Gasteiger partial charge in [0.05, 0.1) is 24.1 Å². The van der Waals surface area contributed by atoms with Crippen molar-refractivity contribution in [1.29, 1.82) is 0 Å². The second kappa shape index (κ2) is 12.7. The van der Waals surface area contributed by atoms with Gasteiger partial charge in [-0.05, 0) is 124 Å². The summed E-state index contributed by atoms with van der Waals surface area (Å²) in [6.07, 6.45) is 10.7. The molecule has 53 heavy (non-hydrogen) atoms. The summed E-state index contributed by atoms with van der Waals surface area (Å²) in [5.74, 6) is 0.609. The maximum Gasteiger partial charge on any atom is 0.309 e. The summed E-state index contributed by atoms with van der Waals surface area (Å²) in [7, 11) is 2.12. The van der Waals surface area contributed by atoms with Crippen molar-refractivity contribution in [2.75, 3.05) is 0 Å². The van der Waals surface area contributed by atoms with Gasteiger partial charge in [0.25, 0.3) is 5.56 Å². The van der Waals surface area contributed by atoms with E-state index in [1.165, 1.54) is 31.4 Å². The summed E-state index contributed by atoms with van der Waals surface area (Å²) >= 11 is 0. The van der Waals surface area contributed by atoms with E-state index < -0.39 is 17.4 Å². The number of esters is 1. The van der Waals surface area contributed by atoms with Crippen molar-refractivity contribution in [3.8, 4) is 0 Å². The van der Waals surface area contributed by atoms with Crippen molar-refractivity contribution in [2.24, 2.45) is 57.8 Å². The number of benzene rings is 1. The Bertz CT molecular complexity index is 1860. The van der Waals surface area contributed by atoms with Crippen LogP contribution >= 0.6 is 0 Å². The Hall–Kier alpha value is -3.09. The predicted molar refractivity (Wildman–Crippen MR) is 209 cm³/mol. The van der Waals surface area contributed by atoms with Crippen LogP contribution in [0, 0.1) is 50.7 Å². The minimum absolute atomic E-state index is 0.0942. The van der Waals surface area contributed by atoms with Gasteiger partial charge in [0.15, 0.2) is 0 Å². The average Bonchev–Trinajstić information content (AvgIpc) is 3.61. The predicted octanol–water partition coefficient (Wildman–Crippen LogP) is 9.70. The third-order valence-corrected chi connectivity index (χ3v) is 16.9. The zero-order valence-electron chi connectivity index (χ0n) is 34.3. The number of carbonyl (C=O) groups excluding carboxylic acids is 1. The summed E-state index contributed by atoms with van der Waals surface area (Å²) in [5, 5.41) is 9.64. The molecular weight excluding hydrogens is 661 g/mol. The lowest BCUT2D eigenvalue weighted by Crippen LogP contribution is -2.66. The van der Waals surface area contributed by atoms with Crippen molar-refractivity contribution in [2.45, 2.75) is 151 Å². The normalized spacial score (nSPS) is 36.4. The molecule has 4 saturated carbocycles. The highest BCUT2D eigenvalue weighted by molar-refractivity contribution is 5.81. The molecule has 1 aromatic heterocycles. The molecule has 0 bridgehead atoms. The van der Waals surface area contributed by atoms with Crippen molar-refractivity contribution >= 4 is 11.9 Å². The lowest BCUT2D eigenvalue weighted by molar-refractivity contribution is -0.232. The van der Waals surface area contributed by atoms with Gasteiger partial charge in [0, 0.05) is 23.9 Å². The van der Waals surface area contributed by atoms with Crippen LogP contribution in [0.25, 0.3) is 0 Å². The molecule has 290 valence electrons. The molecular formula is C46H66N2O5. The Morgan fingerprint density at radius 3 is 2.26 bits per heavy atom. The largest absolute Gasteiger partial charge is 0.481 e. The third-order valence-electron chi connectivity index (χ3n) is 16.9. The fraction of sp³-hybridized carbons (Fsp3) is 0.717. The number of rotatable bonds is 8. The number of aromatic nitrogens is 2. The van der Waals surface area contributed by atoms with Gasteiger partial charge >= 0.3 is 11.9 Å². The Morgan fingerprint density at radius 1 is 0.906 bits per heavy atom. The number of carboxylic acids is 1. The monoisotopic (exact) mass is 726 g/mol. The number of hydrogen-bond donors (Lipinski definition) is 1. The van der Waals surface area contributed by atoms with Crippen LogP contribution in [0.15, 0.2) is 52.3 Å². The van der Waals surface area contributed by atoms with E-state index in [-0.39, 0.29) is 45.2 Å². The van der Waals surface area contributed by atoms with E-state index >= 15 is 0 Å².